The van der Waals surface area contributed by atoms with E-state index in [2.05, 4.69) is 22.4 Å². The lowest BCUT2D eigenvalue weighted by Crippen LogP contribution is -2.34. The minimum absolute atomic E-state index is 0.0839. The Morgan fingerprint density at radius 1 is 1.00 bits per heavy atom. The third-order valence-corrected chi connectivity index (χ3v) is 2.89. The second-order valence-electron chi connectivity index (χ2n) is 4.31. The summed E-state index contributed by atoms with van der Waals surface area (Å²) in [7, 11) is 0. The Kier molecular flexibility index (Phi) is 4.88. The third kappa shape index (κ3) is 3.95. The molecule has 2 aromatic rings. The van der Waals surface area contributed by atoms with E-state index in [4.69, 9.17) is 0 Å². The van der Waals surface area contributed by atoms with E-state index in [0.29, 0.717) is 0 Å². The Labute approximate surface area is 108 Å². The van der Waals surface area contributed by atoms with Crippen molar-refractivity contribution >= 4 is 0 Å². The molecule has 0 bridgehead atoms. The summed E-state index contributed by atoms with van der Waals surface area (Å²) in [6.45, 7) is 0.889. The van der Waals surface area contributed by atoms with Crippen molar-refractivity contribution in [2.75, 3.05) is 6.61 Å². The lowest BCUT2D eigenvalue weighted by molar-refractivity contribution is 0.241. The summed E-state index contributed by atoms with van der Waals surface area (Å²) >= 11 is 0. The van der Waals surface area contributed by atoms with E-state index in [1.807, 2.05) is 30.3 Å². The summed E-state index contributed by atoms with van der Waals surface area (Å²) < 4.78 is 0. The topological polar surface area (TPSA) is 45.1 Å². The Hall–Kier alpha value is -1.71. The van der Waals surface area contributed by atoms with Gasteiger partial charge in [0.2, 0.25) is 0 Å². The van der Waals surface area contributed by atoms with Gasteiger partial charge in [0.05, 0.1) is 6.61 Å². The molecule has 0 aliphatic carbocycles. The van der Waals surface area contributed by atoms with Crippen LogP contribution in [0.5, 0.6) is 0 Å². The highest BCUT2D eigenvalue weighted by Gasteiger charge is 2.07. The van der Waals surface area contributed by atoms with Crippen LogP contribution in [0.25, 0.3) is 0 Å². The van der Waals surface area contributed by atoms with Gasteiger partial charge in [-0.2, -0.15) is 0 Å². The van der Waals surface area contributed by atoms with Crippen LogP contribution in [0, 0.1) is 0 Å². The van der Waals surface area contributed by atoms with Crippen LogP contribution in [-0.2, 0) is 13.0 Å². The molecule has 0 spiro atoms. The minimum Gasteiger partial charge on any atom is -0.395 e. The van der Waals surface area contributed by atoms with Crippen molar-refractivity contribution in [2.45, 2.75) is 19.0 Å². The normalized spacial score (nSPS) is 12.3. The first-order valence-electron chi connectivity index (χ1n) is 6.15. The molecule has 1 atom stereocenters. The van der Waals surface area contributed by atoms with Gasteiger partial charge in [-0.1, -0.05) is 30.3 Å². The van der Waals surface area contributed by atoms with Crippen molar-refractivity contribution in [3.8, 4) is 0 Å². The molecule has 0 fully saturated rings. The van der Waals surface area contributed by atoms with Crippen molar-refractivity contribution in [1.29, 1.82) is 0 Å². The number of aliphatic hydroxyl groups is 1. The lowest BCUT2D eigenvalue weighted by Gasteiger charge is -2.16. The van der Waals surface area contributed by atoms with Crippen LogP contribution in [0.3, 0.4) is 0 Å². The second-order valence-corrected chi connectivity index (χ2v) is 4.31. The summed E-state index contributed by atoms with van der Waals surface area (Å²) in [5.41, 5.74) is 2.41. The zero-order valence-electron chi connectivity index (χ0n) is 10.3. The summed E-state index contributed by atoms with van der Waals surface area (Å²) in [6, 6.07) is 14.2. The fourth-order valence-electron chi connectivity index (χ4n) is 1.86. The summed E-state index contributed by atoms with van der Waals surface area (Å²) in [5.74, 6) is 0. The Morgan fingerprint density at radius 2 is 1.72 bits per heavy atom. The maximum absolute atomic E-state index is 9.39. The molecule has 2 rings (SSSR count). The van der Waals surface area contributed by atoms with Crippen molar-refractivity contribution in [3.05, 3.63) is 66.0 Å². The van der Waals surface area contributed by atoms with E-state index < -0.39 is 0 Å². The monoisotopic (exact) mass is 242 g/mol. The highest BCUT2D eigenvalue weighted by Crippen LogP contribution is 2.04. The molecular weight excluding hydrogens is 224 g/mol. The maximum atomic E-state index is 9.39. The van der Waals surface area contributed by atoms with Crippen LogP contribution in [-0.4, -0.2) is 22.7 Å². The van der Waals surface area contributed by atoms with Gasteiger partial charge < -0.3 is 10.4 Å². The number of benzene rings is 1. The molecule has 3 nitrogen and oxygen atoms in total. The predicted molar refractivity (Wildman–Crippen MR) is 72.1 cm³/mol. The summed E-state index contributed by atoms with van der Waals surface area (Å²) in [5, 5.41) is 12.7. The van der Waals surface area contributed by atoms with Gasteiger partial charge in [0.25, 0.3) is 0 Å². The Balaban J connectivity index is 1.86. The second kappa shape index (κ2) is 6.89. The van der Waals surface area contributed by atoms with Crippen molar-refractivity contribution < 1.29 is 5.11 Å². The molecule has 1 aromatic carbocycles. The van der Waals surface area contributed by atoms with Gasteiger partial charge in [-0.05, 0) is 29.7 Å². The quantitative estimate of drug-likeness (QED) is 0.811. The smallest absolute Gasteiger partial charge is 0.0587 e. The molecule has 1 heterocycles. The Bertz CT molecular complexity index is 445. The number of pyridine rings is 1. The number of nitrogens with one attached hydrogen (secondary N) is 1. The maximum Gasteiger partial charge on any atom is 0.0587 e. The Morgan fingerprint density at radius 3 is 2.39 bits per heavy atom. The van der Waals surface area contributed by atoms with Gasteiger partial charge in [0.1, 0.15) is 0 Å². The van der Waals surface area contributed by atoms with Crippen LogP contribution in [0.2, 0.25) is 0 Å². The molecule has 0 radical (unpaired) electrons. The molecule has 2 N–H and O–H groups in total. The zero-order valence-corrected chi connectivity index (χ0v) is 10.3. The summed E-state index contributed by atoms with van der Waals surface area (Å²) in [6.07, 6.45) is 4.40. The SMILES string of the molecule is OCC(Cc1ccccc1)NCc1ccncc1. The van der Waals surface area contributed by atoms with Crippen LogP contribution in [0.1, 0.15) is 11.1 Å². The van der Waals surface area contributed by atoms with Gasteiger partial charge >= 0.3 is 0 Å². The van der Waals surface area contributed by atoms with Crippen molar-refractivity contribution in [3.63, 3.8) is 0 Å². The highest BCUT2D eigenvalue weighted by atomic mass is 16.3. The van der Waals surface area contributed by atoms with E-state index in [-0.39, 0.29) is 12.6 Å². The molecule has 0 amide bonds. The third-order valence-electron chi connectivity index (χ3n) is 2.89. The first-order chi connectivity index (χ1) is 8.88. The van der Waals surface area contributed by atoms with Crippen LogP contribution >= 0.6 is 0 Å². The van der Waals surface area contributed by atoms with Crippen LogP contribution < -0.4 is 5.32 Å². The molecule has 0 saturated carbocycles. The van der Waals surface area contributed by atoms with Gasteiger partial charge in [-0.25, -0.2) is 0 Å². The molecule has 1 unspecified atom stereocenters. The van der Waals surface area contributed by atoms with E-state index in [0.717, 1.165) is 13.0 Å². The molecule has 1 aromatic heterocycles. The van der Waals surface area contributed by atoms with Gasteiger partial charge in [0.15, 0.2) is 0 Å². The molecule has 0 saturated heterocycles. The largest absolute Gasteiger partial charge is 0.395 e. The van der Waals surface area contributed by atoms with Crippen LogP contribution in [0.15, 0.2) is 54.9 Å². The van der Waals surface area contributed by atoms with Crippen LogP contribution in [0.4, 0.5) is 0 Å². The van der Waals surface area contributed by atoms with E-state index in [1.54, 1.807) is 12.4 Å². The van der Waals surface area contributed by atoms with E-state index in [1.165, 1.54) is 11.1 Å². The highest BCUT2D eigenvalue weighted by molar-refractivity contribution is 5.16. The molecule has 0 aliphatic rings. The summed E-state index contributed by atoms with van der Waals surface area (Å²) in [4.78, 5) is 3.98. The van der Waals surface area contributed by atoms with Gasteiger partial charge in [-0.15, -0.1) is 0 Å². The molecule has 18 heavy (non-hydrogen) atoms. The number of aliphatic hydroxyl groups excluding tert-OH is 1. The average molecular weight is 242 g/mol. The number of rotatable bonds is 6. The fourth-order valence-corrected chi connectivity index (χ4v) is 1.86. The molecule has 3 heteroatoms. The molecular formula is C15H18N2O. The average Bonchev–Trinajstić information content (AvgIpc) is 2.45. The number of hydrogen-bond donors (Lipinski definition) is 2. The fraction of sp³-hybridized carbons (Fsp3) is 0.267. The standard InChI is InChI=1S/C15H18N2O/c18-12-15(10-13-4-2-1-3-5-13)17-11-14-6-8-16-9-7-14/h1-9,15,17-18H,10-12H2. The van der Waals surface area contributed by atoms with Gasteiger partial charge in [0, 0.05) is 25.0 Å². The van der Waals surface area contributed by atoms with Crippen molar-refractivity contribution in [1.82, 2.24) is 10.3 Å². The first-order valence-corrected chi connectivity index (χ1v) is 6.15. The minimum atomic E-state index is 0.0839. The number of hydrogen-bond acceptors (Lipinski definition) is 3. The van der Waals surface area contributed by atoms with E-state index in [9.17, 15) is 5.11 Å². The zero-order chi connectivity index (χ0) is 12.6. The number of aromatic nitrogens is 1. The predicted octanol–water partition coefficient (Wildman–Crippen LogP) is 1.77. The number of nitrogens with zero attached hydrogens (tertiary/aromatic N) is 1. The van der Waals surface area contributed by atoms with Gasteiger partial charge in [-0.3, -0.25) is 4.98 Å². The molecule has 0 aliphatic heterocycles. The van der Waals surface area contributed by atoms with E-state index >= 15 is 0 Å². The first kappa shape index (κ1) is 12.7. The van der Waals surface area contributed by atoms with Crippen molar-refractivity contribution in [2.24, 2.45) is 0 Å². The molecule has 94 valence electrons. The lowest BCUT2D eigenvalue weighted by atomic mass is 10.1.